The summed E-state index contributed by atoms with van der Waals surface area (Å²) in [4.78, 5) is 13.7. The lowest BCUT2D eigenvalue weighted by molar-refractivity contribution is -0.136. The van der Waals surface area contributed by atoms with Crippen molar-refractivity contribution >= 4 is 5.91 Å². The summed E-state index contributed by atoms with van der Waals surface area (Å²) in [6, 6.07) is 1.10. The monoisotopic (exact) mass is 298 g/mol. The van der Waals surface area contributed by atoms with Crippen molar-refractivity contribution in [3.05, 3.63) is 0 Å². The SMILES string of the molecule is COCC(=O)N1CCC(NC2CCOC(C(C)C)C2)CC1. The molecule has 0 aliphatic carbocycles. The van der Waals surface area contributed by atoms with Crippen LogP contribution in [0.15, 0.2) is 0 Å². The Balaban J connectivity index is 1.72. The van der Waals surface area contributed by atoms with Gasteiger partial charge in [0.2, 0.25) is 5.91 Å². The van der Waals surface area contributed by atoms with Crippen molar-refractivity contribution in [2.24, 2.45) is 5.92 Å². The molecule has 21 heavy (non-hydrogen) atoms. The van der Waals surface area contributed by atoms with Gasteiger partial charge in [0, 0.05) is 38.9 Å². The van der Waals surface area contributed by atoms with Gasteiger partial charge in [0.15, 0.2) is 0 Å². The molecule has 0 aromatic heterocycles. The Labute approximate surface area is 128 Å². The lowest BCUT2D eigenvalue weighted by atomic mass is 9.93. The minimum Gasteiger partial charge on any atom is -0.378 e. The molecule has 2 unspecified atom stereocenters. The summed E-state index contributed by atoms with van der Waals surface area (Å²) < 4.78 is 10.7. The van der Waals surface area contributed by atoms with Crippen molar-refractivity contribution in [3.8, 4) is 0 Å². The van der Waals surface area contributed by atoms with Gasteiger partial charge < -0.3 is 19.7 Å². The van der Waals surface area contributed by atoms with E-state index in [9.17, 15) is 4.79 Å². The summed E-state index contributed by atoms with van der Waals surface area (Å²) in [5.41, 5.74) is 0. The molecule has 2 saturated heterocycles. The highest BCUT2D eigenvalue weighted by Crippen LogP contribution is 2.22. The van der Waals surface area contributed by atoms with Crippen LogP contribution < -0.4 is 5.32 Å². The third-order valence-electron chi connectivity index (χ3n) is 4.65. The maximum Gasteiger partial charge on any atom is 0.248 e. The zero-order chi connectivity index (χ0) is 15.2. The van der Waals surface area contributed by atoms with Crippen molar-refractivity contribution in [1.82, 2.24) is 10.2 Å². The molecule has 0 radical (unpaired) electrons. The molecule has 0 spiro atoms. The lowest BCUT2D eigenvalue weighted by Gasteiger charge is -2.38. The van der Waals surface area contributed by atoms with Gasteiger partial charge in [-0.1, -0.05) is 13.8 Å². The van der Waals surface area contributed by atoms with E-state index in [4.69, 9.17) is 9.47 Å². The molecule has 5 heteroatoms. The van der Waals surface area contributed by atoms with Gasteiger partial charge in [-0.05, 0) is 31.6 Å². The van der Waals surface area contributed by atoms with Crippen molar-refractivity contribution in [2.75, 3.05) is 33.4 Å². The Kier molecular flexibility index (Phi) is 6.45. The van der Waals surface area contributed by atoms with E-state index in [1.807, 2.05) is 4.90 Å². The van der Waals surface area contributed by atoms with E-state index in [0.717, 1.165) is 45.4 Å². The normalized spacial score (nSPS) is 28.1. The average molecular weight is 298 g/mol. The van der Waals surface area contributed by atoms with Crippen LogP contribution in [0.2, 0.25) is 0 Å². The third-order valence-corrected chi connectivity index (χ3v) is 4.65. The first-order chi connectivity index (χ1) is 10.1. The zero-order valence-electron chi connectivity index (χ0n) is 13.6. The van der Waals surface area contributed by atoms with Crippen LogP contribution in [-0.2, 0) is 14.3 Å². The molecule has 1 N–H and O–H groups in total. The molecule has 5 nitrogen and oxygen atoms in total. The van der Waals surface area contributed by atoms with Crippen LogP contribution in [0.3, 0.4) is 0 Å². The summed E-state index contributed by atoms with van der Waals surface area (Å²) in [5, 5.41) is 3.78. The van der Waals surface area contributed by atoms with E-state index in [0.29, 0.717) is 24.1 Å². The van der Waals surface area contributed by atoms with Crippen molar-refractivity contribution < 1.29 is 14.3 Å². The number of piperidine rings is 1. The molecule has 2 aliphatic rings. The molecule has 1 amide bonds. The van der Waals surface area contributed by atoms with E-state index >= 15 is 0 Å². The van der Waals surface area contributed by atoms with Gasteiger partial charge in [0.25, 0.3) is 0 Å². The summed E-state index contributed by atoms with van der Waals surface area (Å²) in [6.45, 7) is 7.22. The summed E-state index contributed by atoms with van der Waals surface area (Å²) >= 11 is 0. The fourth-order valence-electron chi connectivity index (χ4n) is 3.29. The Morgan fingerprint density at radius 1 is 1.29 bits per heavy atom. The highest BCUT2D eigenvalue weighted by molar-refractivity contribution is 5.77. The number of rotatable bonds is 5. The molecule has 0 saturated carbocycles. The third kappa shape index (κ3) is 4.94. The predicted molar refractivity (Wildman–Crippen MR) is 82.2 cm³/mol. The molecule has 0 aromatic rings. The summed E-state index contributed by atoms with van der Waals surface area (Å²) in [7, 11) is 1.57. The van der Waals surface area contributed by atoms with Gasteiger partial charge in [-0.3, -0.25) is 4.79 Å². The second-order valence-electron chi connectivity index (χ2n) is 6.63. The minimum atomic E-state index is 0.113. The molecule has 2 aliphatic heterocycles. The Morgan fingerprint density at radius 3 is 2.62 bits per heavy atom. The second-order valence-corrected chi connectivity index (χ2v) is 6.63. The fourth-order valence-corrected chi connectivity index (χ4v) is 3.29. The first-order valence-electron chi connectivity index (χ1n) is 8.24. The first-order valence-corrected chi connectivity index (χ1v) is 8.24. The summed E-state index contributed by atoms with van der Waals surface area (Å²) in [5.74, 6) is 0.699. The van der Waals surface area contributed by atoms with Gasteiger partial charge in [-0.15, -0.1) is 0 Å². The quantitative estimate of drug-likeness (QED) is 0.834. The fraction of sp³-hybridized carbons (Fsp3) is 0.938. The Hall–Kier alpha value is -0.650. The van der Waals surface area contributed by atoms with E-state index in [2.05, 4.69) is 19.2 Å². The summed E-state index contributed by atoms with van der Waals surface area (Å²) in [6.07, 6.45) is 4.69. The highest BCUT2D eigenvalue weighted by Gasteiger charge is 2.28. The van der Waals surface area contributed by atoms with Crippen molar-refractivity contribution in [2.45, 2.75) is 57.7 Å². The van der Waals surface area contributed by atoms with E-state index in [1.165, 1.54) is 0 Å². The number of carbonyl (C=O) groups excluding carboxylic acids is 1. The molecule has 2 rings (SSSR count). The predicted octanol–water partition coefficient (Wildman–Crippen LogP) is 1.42. The van der Waals surface area contributed by atoms with Gasteiger partial charge >= 0.3 is 0 Å². The molecule has 2 fully saturated rings. The van der Waals surface area contributed by atoms with Crippen LogP contribution in [0.1, 0.15) is 39.5 Å². The number of hydrogen-bond donors (Lipinski definition) is 1. The number of carbonyl (C=O) groups is 1. The second kappa shape index (κ2) is 8.11. The number of ether oxygens (including phenoxy) is 2. The minimum absolute atomic E-state index is 0.113. The van der Waals surface area contributed by atoms with Crippen molar-refractivity contribution in [1.29, 1.82) is 0 Å². The van der Waals surface area contributed by atoms with Crippen LogP contribution in [-0.4, -0.2) is 62.4 Å². The zero-order valence-corrected chi connectivity index (χ0v) is 13.6. The molecule has 2 heterocycles. The van der Waals surface area contributed by atoms with Crippen LogP contribution in [0, 0.1) is 5.92 Å². The van der Waals surface area contributed by atoms with Crippen LogP contribution in [0.25, 0.3) is 0 Å². The molecular weight excluding hydrogens is 268 g/mol. The molecule has 0 bridgehead atoms. The average Bonchev–Trinajstić information content (AvgIpc) is 2.48. The maximum atomic E-state index is 11.8. The number of hydrogen-bond acceptors (Lipinski definition) is 4. The standard InChI is InChI=1S/C16H30N2O3/c1-12(2)15-10-14(6-9-21-15)17-13-4-7-18(8-5-13)16(19)11-20-3/h12-15,17H,4-11H2,1-3H3. The molecule has 122 valence electrons. The molecular formula is C16H30N2O3. The van der Waals surface area contributed by atoms with Gasteiger partial charge in [-0.2, -0.15) is 0 Å². The van der Waals surface area contributed by atoms with Gasteiger partial charge in [-0.25, -0.2) is 0 Å². The largest absolute Gasteiger partial charge is 0.378 e. The number of nitrogens with one attached hydrogen (secondary N) is 1. The topological polar surface area (TPSA) is 50.8 Å². The van der Waals surface area contributed by atoms with Crippen LogP contribution >= 0.6 is 0 Å². The first kappa shape index (κ1) is 16.7. The Morgan fingerprint density at radius 2 is 2.00 bits per heavy atom. The van der Waals surface area contributed by atoms with Crippen LogP contribution in [0.4, 0.5) is 0 Å². The van der Waals surface area contributed by atoms with Crippen LogP contribution in [0.5, 0.6) is 0 Å². The number of amides is 1. The molecule has 0 aromatic carbocycles. The van der Waals surface area contributed by atoms with E-state index in [-0.39, 0.29) is 12.5 Å². The van der Waals surface area contributed by atoms with Gasteiger partial charge in [0.05, 0.1) is 6.10 Å². The number of nitrogens with zero attached hydrogens (tertiary/aromatic N) is 1. The van der Waals surface area contributed by atoms with Gasteiger partial charge in [0.1, 0.15) is 6.61 Å². The highest BCUT2D eigenvalue weighted by atomic mass is 16.5. The lowest BCUT2D eigenvalue weighted by Crippen LogP contribution is -2.50. The smallest absolute Gasteiger partial charge is 0.248 e. The van der Waals surface area contributed by atoms with Crippen molar-refractivity contribution in [3.63, 3.8) is 0 Å². The maximum absolute atomic E-state index is 11.8. The number of likely N-dealkylation sites (tertiary alicyclic amines) is 1. The number of methoxy groups -OCH3 is 1. The molecule has 2 atom stereocenters. The van der Waals surface area contributed by atoms with E-state index < -0.39 is 0 Å². The van der Waals surface area contributed by atoms with E-state index in [1.54, 1.807) is 7.11 Å². The Bertz CT molecular complexity index is 327.